The maximum absolute atomic E-state index is 12.7. The second kappa shape index (κ2) is 7.37. The van der Waals surface area contributed by atoms with Crippen LogP contribution in [0.4, 0.5) is 4.79 Å². The molecule has 2 unspecified atom stereocenters. The third-order valence-electron chi connectivity index (χ3n) is 4.98. The van der Waals surface area contributed by atoms with Gasteiger partial charge in [0.05, 0.1) is 11.7 Å². The van der Waals surface area contributed by atoms with Crippen LogP contribution < -0.4 is 0 Å². The summed E-state index contributed by atoms with van der Waals surface area (Å²) < 4.78 is 10.9. The van der Waals surface area contributed by atoms with Gasteiger partial charge >= 0.3 is 6.09 Å². The third-order valence-corrected chi connectivity index (χ3v) is 5.75. The molecule has 3 rings (SSSR count). The zero-order valence-corrected chi connectivity index (χ0v) is 17.0. The molecule has 2 amide bonds. The van der Waals surface area contributed by atoms with Gasteiger partial charge in [-0.3, -0.25) is 9.78 Å². The molecule has 27 heavy (non-hydrogen) atoms. The fourth-order valence-electron chi connectivity index (χ4n) is 3.81. The Bertz CT molecular complexity index is 682. The smallest absolute Gasteiger partial charge is 0.410 e. The molecule has 1 aromatic rings. The predicted octanol–water partition coefficient (Wildman–Crippen LogP) is 1.81. The van der Waals surface area contributed by atoms with E-state index in [0.717, 1.165) is 0 Å². The number of likely N-dealkylation sites (tertiary alicyclic amines) is 2. The molecule has 3 heterocycles. The van der Waals surface area contributed by atoms with Gasteiger partial charge in [-0.2, -0.15) is 0 Å². The summed E-state index contributed by atoms with van der Waals surface area (Å²) in [6.07, 6.45) is 0.208. The first kappa shape index (κ1) is 20.0. The molecule has 9 heteroatoms. The van der Waals surface area contributed by atoms with Gasteiger partial charge in [-0.1, -0.05) is 0 Å². The monoisotopic (exact) mass is 397 g/mol. The van der Waals surface area contributed by atoms with Gasteiger partial charge in [0.1, 0.15) is 10.5 Å². The predicted molar refractivity (Wildman–Crippen MR) is 99.4 cm³/mol. The summed E-state index contributed by atoms with van der Waals surface area (Å²) in [5, 5.41) is 10.5. The van der Waals surface area contributed by atoms with Crippen LogP contribution in [0.3, 0.4) is 0 Å². The summed E-state index contributed by atoms with van der Waals surface area (Å²) in [4.78, 5) is 32.9. The van der Waals surface area contributed by atoms with Crippen LogP contribution in [-0.2, 0) is 9.47 Å². The minimum atomic E-state index is -0.977. The lowest BCUT2D eigenvalue weighted by Gasteiger charge is -2.51. The van der Waals surface area contributed by atoms with Crippen LogP contribution in [0.1, 0.15) is 37.4 Å². The Labute approximate surface area is 163 Å². The molecular formula is C18H27N3O5S. The molecule has 0 radical (unpaired) electrons. The average molecular weight is 397 g/mol. The van der Waals surface area contributed by atoms with Gasteiger partial charge in [-0.15, -0.1) is 11.3 Å². The lowest BCUT2D eigenvalue weighted by Crippen LogP contribution is -2.64. The fourth-order valence-corrected chi connectivity index (χ4v) is 4.40. The van der Waals surface area contributed by atoms with E-state index in [9.17, 15) is 14.7 Å². The Balaban J connectivity index is 1.72. The number of hydrogen-bond donors (Lipinski definition) is 1. The van der Waals surface area contributed by atoms with E-state index in [1.807, 2.05) is 27.7 Å². The molecule has 2 fully saturated rings. The number of carbonyl (C=O) groups excluding carboxylic acids is 2. The Morgan fingerprint density at radius 3 is 2.59 bits per heavy atom. The summed E-state index contributed by atoms with van der Waals surface area (Å²) in [6, 6.07) is 0. The summed E-state index contributed by atoms with van der Waals surface area (Å²) in [5.74, 6) is -0.355. The lowest BCUT2D eigenvalue weighted by atomic mass is 9.71. The van der Waals surface area contributed by atoms with Crippen LogP contribution >= 0.6 is 11.3 Å². The van der Waals surface area contributed by atoms with E-state index in [0.29, 0.717) is 37.7 Å². The van der Waals surface area contributed by atoms with Crippen molar-refractivity contribution in [3.05, 3.63) is 16.6 Å². The molecule has 150 valence electrons. The van der Waals surface area contributed by atoms with Crippen molar-refractivity contribution in [2.45, 2.75) is 39.6 Å². The van der Waals surface area contributed by atoms with Crippen LogP contribution in [0, 0.1) is 11.3 Å². The molecule has 0 saturated carbocycles. The number of thiazole rings is 1. The number of aromatic nitrogens is 1. The van der Waals surface area contributed by atoms with Gasteiger partial charge in [0, 0.05) is 44.1 Å². The fraction of sp³-hybridized carbons (Fsp3) is 0.722. The molecule has 2 aliphatic rings. The van der Waals surface area contributed by atoms with Gasteiger partial charge in [-0.05, 0) is 27.7 Å². The highest BCUT2D eigenvalue weighted by Crippen LogP contribution is 2.46. The second-order valence-electron chi connectivity index (χ2n) is 8.20. The minimum absolute atomic E-state index is 0.0983. The molecule has 0 aromatic carbocycles. The number of carbonyl (C=O) groups is 2. The summed E-state index contributed by atoms with van der Waals surface area (Å²) in [5.41, 5.74) is 0.680. The maximum Gasteiger partial charge on any atom is 0.410 e. The lowest BCUT2D eigenvalue weighted by molar-refractivity contribution is -0.170. The molecule has 0 aliphatic carbocycles. The van der Waals surface area contributed by atoms with E-state index >= 15 is 0 Å². The van der Waals surface area contributed by atoms with Crippen LogP contribution in [-0.4, -0.2) is 76.6 Å². The molecular weight excluding hydrogens is 370 g/mol. The average Bonchev–Trinajstić information content (AvgIpc) is 3.19. The number of ether oxygens (including phenoxy) is 2. The van der Waals surface area contributed by atoms with E-state index < -0.39 is 11.9 Å². The van der Waals surface area contributed by atoms with E-state index in [2.05, 4.69) is 4.98 Å². The van der Waals surface area contributed by atoms with Crippen LogP contribution in [0.5, 0.6) is 0 Å². The number of nitrogens with zero attached hydrogens (tertiary/aromatic N) is 3. The van der Waals surface area contributed by atoms with Crippen molar-refractivity contribution in [3.63, 3.8) is 0 Å². The number of rotatable bonds is 4. The normalized spacial score (nSPS) is 22.6. The Kier molecular flexibility index (Phi) is 5.47. The molecule has 8 nitrogen and oxygen atoms in total. The van der Waals surface area contributed by atoms with E-state index in [4.69, 9.17) is 9.47 Å². The van der Waals surface area contributed by atoms with Crippen molar-refractivity contribution in [2.75, 3.05) is 32.8 Å². The van der Waals surface area contributed by atoms with Crippen molar-refractivity contribution >= 4 is 23.3 Å². The minimum Gasteiger partial charge on any atom is -0.444 e. The van der Waals surface area contributed by atoms with Gasteiger partial charge in [0.25, 0.3) is 5.91 Å². The molecule has 1 spiro atoms. The van der Waals surface area contributed by atoms with Crippen molar-refractivity contribution < 1.29 is 24.2 Å². The molecule has 1 aromatic heterocycles. The summed E-state index contributed by atoms with van der Waals surface area (Å²) in [7, 11) is 0. The van der Waals surface area contributed by atoms with Crippen molar-refractivity contribution in [1.82, 2.24) is 14.8 Å². The van der Waals surface area contributed by atoms with Gasteiger partial charge < -0.3 is 24.4 Å². The van der Waals surface area contributed by atoms with Crippen LogP contribution in [0.2, 0.25) is 0 Å². The first-order chi connectivity index (χ1) is 12.6. The molecule has 2 aliphatic heterocycles. The van der Waals surface area contributed by atoms with Crippen LogP contribution in [0.15, 0.2) is 11.7 Å². The van der Waals surface area contributed by atoms with Crippen molar-refractivity contribution in [2.24, 2.45) is 11.3 Å². The highest BCUT2D eigenvalue weighted by Gasteiger charge is 2.59. The zero-order chi connectivity index (χ0) is 19.8. The largest absolute Gasteiger partial charge is 0.444 e. The Morgan fingerprint density at radius 1 is 1.37 bits per heavy atom. The number of aliphatic hydroxyl groups excluding tert-OH is 1. The quantitative estimate of drug-likeness (QED) is 0.779. The SMILES string of the molecule is CCOC(O)C1CN(C(=O)c2cncs2)CC12CN(C(=O)OC(C)(C)C)C2. The molecule has 2 saturated heterocycles. The standard InChI is InChI=1S/C18H27N3O5S/c1-5-25-15(23)12-7-20(14(22)13-6-19-11-27-13)8-18(12)9-21(10-18)16(24)26-17(2,3)4/h6,11-12,15,23H,5,7-10H2,1-4H3. The molecule has 1 N–H and O–H groups in total. The van der Waals surface area contributed by atoms with Gasteiger partial charge in [0.2, 0.25) is 0 Å². The Morgan fingerprint density at radius 2 is 2.04 bits per heavy atom. The first-order valence-corrected chi connectivity index (χ1v) is 9.98. The molecule has 2 atom stereocenters. The first-order valence-electron chi connectivity index (χ1n) is 9.10. The summed E-state index contributed by atoms with van der Waals surface area (Å²) in [6.45, 7) is 9.41. The second-order valence-corrected chi connectivity index (χ2v) is 9.09. The maximum atomic E-state index is 12.7. The van der Waals surface area contributed by atoms with Crippen molar-refractivity contribution in [1.29, 1.82) is 0 Å². The number of amides is 2. The highest BCUT2D eigenvalue weighted by molar-refractivity contribution is 7.11. The van der Waals surface area contributed by atoms with Gasteiger partial charge in [0.15, 0.2) is 6.29 Å². The summed E-state index contributed by atoms with van der Waals surface area (Å²) >= 11 is 1.29. The zero-order valence-electron chi connectivity index (χ0n) is 16.2. The number of hydrogen-bond acceptors (Lipinski definition) is 7. The van der Waals surface area contributed by atoms with Gasteiger partial charge in [-0.25, -0.2) is 4.79 Å². The van der Waals surface area contributed by atoms with E-state index in [-0.39, 0.29) is 23.3 Å². The van der Waals surface area contributed by atoms with E-state index in [1.54, 1.807) is 21.5 Å². The highest BCUT2D eigenvalue weighted by atomic mass is 32.1. The topological polar surface area (TPSA) is 92.2 Å². The van der Waals surface area contributed by atoms with Crippen LogP contribution in [0.25, 0.3) is 0 Å². The number of aliphatic hydroxyl groups is 1. The molecule has 0 bridgehead atoms. The van der Waals surface area contributed by atoms with Crippen molar-refractivity contribution in [3.8, 4) is 0 Å². The van der Waals surface area contributed by atoms with E-state index in [1.165, 1.54) is 11.3 Å². The Hall–Kier alpha value is -1.71. The third kappa shape index (κ3) is 4.09.